The number of amides is 1. The van der Waals surface area contributed by atoms with Crippen LogP contribution in [0.1, 0.15) is 47.2 Å². The number of nitrogens with one attached hydrogen (secondary N) is 1. The number of benzene rings is 1. The van der Waals surface area contributed by atoms with Crippen LogP contribution in [0, 0.1) is 11.8 Å². The summed E-state index contributed by atoms with van der Waals surface area (Å²) in [6.45, 7) is 2.15. The highest BCUT2D eigenvalue weighted by molar-refractivity contribution is 5.94. The predicted octanol–water partition coefficient (Wildman–Crippen LogP) is 2.25. The highest BCUT2D eigenvalue weighted by Crippen LogP contribution is 2.29. The van der Waals surface area contributed by atoms with E-state index in [1.165, 1.54) is 18.4 Å². The van der Waals surface area contributed by atoms with Gasteiger partial charge in [-0.3, -0.25) is 4.79 Å². The Labute approximate surface area is 125 Å². The van der Waals surface area contributed by atoms with E-state index in [0.717, 1.165) is 18.4 Å². The van der Waals surface area contributed by atoms with Crippen molar-refractivity contribution >= 4 is 5.91 Å². The van der Waals surface area contributed by atoms with Crippen molar-refractivity contribution in [1.29, 1.82) is 0 Å². The molecular formula is C17H23NO3. The van der Waals surface area contributed by atoms with E-state index in [0.29, 0.717) is 37.2 Å². The third-order valence-corrected chi connectivity index (χ3v) is 4.81. The van der Waals surface area contributed by atoms with Crippen LogP contribution in [-0.2, 0) is 18.0 Å². The second kappa shape index (κ2) is 6.58. The first-order chi connectivity index (χ1) is 10.3. The molecule has 1 amide bonds. The van der Waals surface area contributed by atoms with Crippen LogP contribution in [0.5, 0.6) is 0 Å². The molecule has 0 radical (unpaired) electrons. The monoisotopic (exact) mass is 289 g/mol. The number of fused-ring (bicyclic) bond motifs is 1. The second-order valence-electron chi connectivity index (χ2n) is 6.17. The molecule has 1 aromatic rings. The van der Waals surface area contributed by atoms with Gasteiger partial charge in [-0.15, -0.1) is 0 Å². The first-order valence-corrected chi connectivity index (χ1v) is 7.86. The molecule has 0 spiro atoms. The molecule has 2 unspecified atom stereocenters. The quantitative estimate of drug-likeness (QED) is 0.894. The molecule has 2 N–H and O–H groups in total. The Kier molecular flexibility index (Phi) is 4.56. The van der Waals surface area contributed by atoms with Crippen molar-refractivity contribution in [2.24, 2.45) is 11.8 Å². The first kappa shape index (κ1) is 14.5. The normalized spacial score (nSPS) is 24.6. The summed E-state index contributed by atoms with van der Waals surface area (Å²) >= 11 is 0. The van der Waals surface area contributed by atoms with E-state index < -0.39 is 0 Å². The number of ether oxygens (including phenoxy) is 1. The molecule has 0 aromatic heterocycles. The molecule has 1 heterocycles. The van der Waals surface area contributed by atoms with E-state index in [1.807, 2.05) is 18.2 Å². The third-order valence-electron chi connectivity index (χ3n) is 4.81. The SMILES string of the molecule is O=C(NCC1CCCCC1CO)c1ccc2c(c1)COC2. The number of hydrogen-bond acceptors (Lipinski definition) is 3. The number of aliphatic hydroxyl groups is 1. The minimum absolute atomic E-state index is 0.0213. The Morgan fingerprint density at radius 3 is 2.76 bits per heavy atom. The molecule has 3 rings (SSSR count). The van der Waals surface area contributed by atoms with Crippen molar-refractivity contribution in [1.82, 2.24) is 5.32 Å². The van der Waals surface area contributed by atoms with Gasteiger partial charge in [-0.05, 0) is 47.9 Å². The number of carbonyl (C=O) groups is 1. The fourth-order valence-corrected chi connectivity index (χ4v) is 3.43. The maximum absolute atomic E-state index is 12.3. The van der Waals surface area contributed by atoms with Gasteiger partial charge < -0.3 is 15.2 Å². The average Bonchev–Trinajstić information content (AvgIpc) is 3.00. The van der Waals surface area contributed by atoms with E-state index in [1.54, 1.807) is 0 Å². The minimum Gasteiger partial charge on any atom is -0.396 e. The van der Waals surface area contributed by atoms with Crippen molar-refractivity contribution in [2.75, 3.05) is 13.2 Å². The largest absolute Gasteiger partial charge is 0.396 e. The first-order valence-electron chi connectivity index (χ1n) is 7.86. The van der Waals surface area contributed by atoms with Gasteiger partial charge in [-0.2, -0.15) is 0 Å². The molecule has 1 fully saturated rings. The fraction of sp³-hybridized carbons (Fsp3) is 0.588. The maximum atomic E-state index is 12.3. The summed E-state index contributed by atoms with van der Waals surface area (Å²) < 4.78 is 5.37. The van der Waals surface area contributed by atoms with Crippen LogP contribution in [0.2, 0.25) is 0 Å². The van der Waals surface area contributed by atoms with Crippen molar-refractivity contribution in [3.8, 4) is 0 Å². The Hall–Kier alpha value is -1.39. The van der Waals surface area contributed by atoms with Gasteiger partial charge >= 0.3 is 0 Å². The highest BCUT2D eigenvalue weighted by Gasteiger charge is 2.25. The van der Waals surface area contributed by atoms with Crippen molar-refractivity contribution in [3.63, 3.8) is 0 Å². The van der Waals surface area contributed by atoms with Gasteiger partial charge in [0, 0.05) is 18.7 Å². The number of carbonyl (C=O) groups excluding carboxylic acids is 1. The molecule has 2 atom stereocenters. The van der Waals surface area contributed by atoms with E-state index in [2.05, 4.69) is 5.32 Å². The number of rotatable bonds is 4. The summed E-state index contributed by atoms with van der Waals surface area (Å²) in [5, 5.41) is 12.5. The predicted molar refractivity (Wildman–Crippen MR) is 79.8 cm³/mol. The van der Waals surface area contributed by atoms with Crippen LogP contribution in [-0.4, -0.2) is 24.2 Å². The van der Waals surface area contributed by atoms with Crippen LogP contribution in [0.3, 0.4) is 0 Å². The lowest BCUT2D eigenvalue weighted by Crippen LogP contribution is -2.35. The average molecular weight is 289 g/mol. The van der Waals surface area contributed by atoms with Gasteiger partial charge in [-0.25, -0.2) is 0 Å². The Morgan fingerprint density at radius 1 is 1.19 bits per heavy atom. The summed E-state index contributed by atoms with van der Waals surface area (Å²) in [5.41, 5.74) is 3.00. The van der Waals surface area contributed by atoms with E-state index in [9.17, 15) is 9.90 Å². The Balaban J connectivity index is 1.58. The van der Waals surface area contributed by atoms with Crippen molar-refractivity contribution < 1.29 is 14.6 Å². The van der Waals surface area contributed by atoms with E-state index in [4.69, 9.17) is 4.74 Å². The van der Waals surface area contributed by atoms with Crippen molar-refractivity contribution in [2.45, 2.75) is 38.9 Å². The summed E-state index contributed by atoms with van der Waals surface area (Å²) in [7, 11) is 0. The van der Waals surface area contributed by atoms with Crippen LogP contribution >= 0.6 is 0 Å². The maximum Gasteiger partial charge on any atom is 0.251 e. The molecule has 1 aromatic carbocycles. The molecule has 2 aliphatic rings. The molecule has 1 saturated carbocycles. The molecule has 0 bridgehead atoms. The fourth-order valence-electron chi connectivity index (χ4n) is 3.43. The summed E-state index contributed by atoms with van der Waals surface area (Å²) in [5.74, 6) is 0.727. The Bertz CT molecular complexity index is 515. The van der Waals surface area contributed by atoms with E-state index >= 15 is 0 Å². The molecule has 4 heteroatoms. The summed E-state index contributed by atoms with van der Waals surface area (Å²) in [6.07, 6.45) is 4.57. The zero-order chi connectivity index (χ0) is 14.7. The van der Waals surface area contributed by atoms with E-state index in [-0.39, 0.29) is 12.5 Å². The lowest BCUT2D eigenvalue weighted by atomic mass is 9.79. The van der Waals surface area contributed by atoms with Gasteiger partial charge in [0.1, 0.15) is 0 Å². The molecule has 1 aliphatic heterocycles. The third kappa shape index (κ3) is 3.27. The number of aliphatic hydroxyl groups excluding tert-OH is 1. The summed E-state index contributed by atoms with van der Waals surface area (Å²) in [6, 6.07) is 5.78. The van der Waals surface area contributed by atoms with Gasteiger partial charge in [0.25, 0.3) is 5.91 Å². The summed E-state index contributed by atoms with van der Waals surface area (Å²) in [4.78, 5) is 12.3. The molecule has 114 valence electrons. The lowest BCUT2D eigenvalue weighted by Gasteiger charge is -2.30. The Morgan fingerprint density at radius 2 is 1.95 bits per heavy atom. The lowest BCUT2D eigenvalue weighted by molar-refractivity contribution is 0.0909. The topological polar surface area (TPSA) is 58.6 Å². The second-order valence-corrected chi connectivity index (χ2v) is 6.17. The van der Waals surface area contributed by atoms with Crippen LogP contribution < -0.4 is 5.32 Å². The zero-order valence-corrected chi connectivity index (χ0v) is 12.3. The van der Waals surface area contributed by atoms with Crippen LogP contribution in [0.25, 0.3) is 0 Å². The smallest absolute Gasteiger partial charge is 0.251 e. The van der Waals surface area contributed by atoms with Gasteiger partial charge in [-0.1, -0.05) is 18.9 Å². The van der Waals surface area contributed by atoms with Crippen LogP contribution in [0.15, 0.2) is 18.2 Å². The standard InChI is InChI=1S/C17H23NO3/c19-9-14-4-2-1-3-13(14)8-18-17(20)12-5-6-15-10-21-11-16(15)7-12/h5-7,13-14,19H,1-4,8-11H2,(H,18,20). The van der Waals surface area contributed by atoms with Gasteiger partial charge in [0.05, 0.1) is 13.2 Å². The molecular weight excluding hydrogens is 266 g/mol. The molecule has 21 heavy (non-hydrogen) atoms. The van der Waals surface area contributed by atoms with Crippen molar-refractivity contribution in [3.05, 3.63) is 34.9 Å². The highest BCUT2D eigenvalue weighted by atomic mass is 16.5. The zero-order valence-electron chi connectivity index (χ0n) is 12.3. The molecule has 1 aliphatic carbocycles. The van der Waals surface area contributed by atoms with Gasteiger partial charge in [0.15, 0.2) is 0 Å². The number of hydrogen-bond donors (Lipinski definition) is 2. The van der Waals surface area contributed by atoms with Crippen LogP contribution in [0.4, 0.5) is 0 Å². The molecule has 4 nitrogen and oxygen atoms in total. The van der Waals surface area contributed by atoms with Gasteiger partial charge in [0.2, 0.25) is 0 Å². The minimum atomic E-state index is -0.0213. The molecule has 0 saturated heterocycles.